The van der Waals surface area contributed by atoms with E-state index < -0.39 is 30.8 Å². The SMILES string of the molecule is CCc1cc2c(C)cc(S(=O)(=O)O)cc2c2c1C/C(=C/C=C/C=C/C1N(CC)c3ccc4ccc(S(=O)(=O)O)cc4c3C1(C)C)C2(C)C.O=S(=O)=O. The third-order valence-electron chi connectivity index (χ3n) is 10.6. The Balaban J connectivity index is 0.00000124. The molecule has 0 amide bonds. The summed E-state index contributed by atoms with van der Waals surface area (Å²) in [7, 11) is -11.8. The molecule has 0 saturated heterocycles. The zero-order valence-electron chi connectivity index (χ0n) is 30.1. The molecular formula is C39H43NO9S3. The van der Waals surface area contributed by atoms with Crippen LogP contribution in [0.15, 0.2) is 94.3 Å². The Hall–Kier alpha value is -4.14. The lowest BCUT2D eigenvalue weighted by Gasteiger charge is -2.31. The van der Waals surface area contributed by atoms with Crippen LogP contribution in [0.25, 0.3) is 21.5 Å². The van der Waals surface area contributed by atoms with Crippen molar-refractivity contribution >= 4 is 58.1 Å². The first-order valence-corrected chi connectivity index (χ1v) is 20.7. The highest BCUT2D eigenvalue weighted by Crippen LogP contribution is 2.50. The van der Waals surface area contributed by atoms with E-state index in [4.69, 9.17) is 12.6 Å². The highest BCUT2D eigenvalue weighted by Gasteiger charge is 2.44. The summed E-state index contributed by atoms with van der Waals surface area (Å²) in [6.07, 6.45) is 12.1. The molecule has 1 heterocycles. The van der Waals surface area contributed by atoms with Crippen molar-refractivity contribution in [1.29, 1.82) is 0 Å². The average molecular weight is 766 g/mol. The van der Waals surface area contributed by atoms with Gasteiger partial charge in [0.1, 0.15) is 0 Å². The molecule has 1 aliphatic heterocycles. The molecule has 1 aliphatic carbocycles. The molecule has 1 atom stereocenters. The maximum atomic E-state index is 12.1. The molecule has 0 spiro atoms. The van der Waals surface area contributed by atoms with Gasteiger partial charge in [0.05, 0.1) is 15.8 Å². The fraction of sp³-hybridized carbons (Fsp3) is 0.333. The van der Waals surface area contributed by atoms with Crippen molar-refractivity contribution in [2.24, 2.45) is 0 Å². The predicted octanol–water partition coefficient (Wildman–Crippen LogP) is 7.41. The van der Waals surface area contributed by atoms with E-state index in [9.17, 15) is 25.9 Å². The van der Waals surface area contributed by atoms with Gasteiger partial charge in [0.2, 0.25) is 0 Å². The van der Waals surface area contributed by atoms with E-state index >= 15 is 0 Å². The topological polar surface area (TPSA) is 163 Å². The number of benzene rings is 4. The fourth-order valence-electron chi connectivity index (χ4n) is 8.14. The largest absolute Gasteiger partial charge is 0.425 e. The summed E-state index contributed by atoms with van der Waals surface area (Å²) in [6.45, 7) is 15.6. The predicted molar refractivity (Wildman–Crippen MR) is 204 cm³/mol. The van der Waals surface area contributed by atoms with Crippen LogP contribution < -0.4 is 4.90 Å². The lowest BCUT2D eigenvalue weighted by molar-refractivity contribution is 0.479. The van der Waals surface area contributed by atoms with Crippen molar-refractivity contribution in [2.75, 3.05) is 11.4 Å². The van der Waals surface area contributed by atoms with Crippen LogP contribution in [0.5, 0.6) is 0 Å². The third-order valence-corrected chi connectivity index (χ3v) is 12.2. The summed E-state index contributed by atoms with van der Waals surface area (Å²) in [6, 6.07) is 14.2. The smallest absolute Gasteiger partial charge is 0.364 e. The minimum absolute atomic E-state index is 0.0145. The van der Waals surface area contributed by atoms with E-state index in [-0.39, 0.29) is 26.7 Å². The van der Waals surface area contributed by atoms with Gasteiger partial charge < -0.3 is 4.90 Å². The molecule has 0 aromatic heterocycles. The van der Waals surface area contributed by atoms with Crippen molar-refractivity contribution in [3.63, 3.8) is 0 Å². The van der Waals surface area contributed by atoms with Crippen LogP contribution in [0.4, 0.5) is 5.69 Å². The average Bonchev–Trinajstić information content (AvgIpc) is 3.44. The normalized spacial score (nSPS) is 18.7. The summed E-state index contributed by atoms with van der Waals surface area (Å²) < 4.78 is 93.1. The molecule has 2 N–H and O–H groups in total. The Morgan fingerprint density at radius 1 is 0.808 bits per heavy atom. The molecule has 1 unspecified atom stereocenters. The molecule has 0 fully saturated rings. The van der Waals surface area contributed by atoms with Crippen LogP contribution in [-0.2, 0) is 54.5 Å². The quantitative estimate of drug-likeness (QED) is 0.143. The zero-order chi connectivity index (χ0) is 38.6. The maximum absolute atomic E-state index is 12.1. The Morgan fingerprint density at radius 2 is 1.42 bits per heavy atom. The summed E-state index contributed by atoms with van der Waals surface area (Å²) in [5.74, 6) is 0. The minimum Gasteiger partial charge on any atom is -0.364 e. The van der Waals surface area contributed by atoms with Gasteiger partial charge in [-0.2, -0.15) is 16.8 Å². The van der Waals surface area contributed by atoms with Gasteiger partial charge in [0, 0.05) is 23.1 Å². The number of hydrogen-bond donors (Lipinski definition) is 2. The second kappa shape index (κ2) is 14.0. The second-order valence-electron chi connectivity index (χ2n) is 14.3. The summed E-state index contributed by atoms with van der Waals surface area (Å²) in [5.41, 5.74) is 7.05. The number of hydrogen-bond acceptors (Lipinski definition) is 8. The summed E-state index contributed by atoms with van der Waals surface area (Å²) in [4.78, 5) is 2.14. The van der Waals surface area contributed by atoms with Crippen LogP contribution in [0, 0.1) is 6.92 Å². The van der Waals surface area contributed by atoms with E-state index in [2.05, 4.69) is 82.9 Å². The van der Waals surface area contributed by atoms with Gasteiger partial charge in [-0.05, 0) is 106 Å². The van der Waals surface area contributed by atoms with Gasteiger partial charge >= 0.3 is 10.6 Å². The first-order chi connectivity index (χ1) is 24.1. The van der Waals surface area contributed by atoms with E-state index in [1.807, 2.05) is 19.1 Å². The Bertz CT molecular complexity index is 2540. The number of fused-ring (bicyclic) bond motifs is 6. The van der Waals surface area contributed by atoms with Gasteiger partial charge in [0.15, 0.2) is 0 Å². The molecule has 0 saturated carbocycles. The lowest BCUT2D eigenvalue weighted by atomic mass is 9.78. The maximum Gasteiger partial charge on any atom is 0.425 e. The molecular weight excluding hydrogens is 723 g/mol. The highest BCUT2D eigenvalue weighted by molar-refractivity contribution is 7.86. The standard InChI is InChI=1S/C39H43NO6S2.O3S/c1-8-25-20-30-24(3)19-29(48(44,45)46)23-33(30)36-31(25)21-27(38(36,4)5)13-11-10-12-14-35-39(6,7)37-32-22-28(47(41,42)43)17-15-26(32)16-18-34(37)40(35)9-2;1-4(2)3/h10-20,22-23,35H,8-9,21H2,1-7H3,(H,41,42,43)(H,44,45,46);/b11-10+,14-12+,27-13-;. The van der Waals surface area contributed by atoms with Crippen LogP contribution >= 0.6 is 0 Å². The Kier molecular flexibility index (Phi) is 10.5. The first-order valence-electron chi connectivity index (χ1n) is 16.8. The Labute approximate surface area is 307 Å². The number of nitrogens with zero attached hydrogens (tertiary/aromatic N) is 1. The zero-order valence-corrected chi connectivity index (χ0v) is 32.6. The lowest BCUT2D eigenvalue weighted by Crippen LogP contribution is -2.39. The van der Waals surface area contributed by atoms with Crippen LogP contribution in [0.3, 0.4) is 0 Å². The van der Waals surface area contributed by atoms with Crippen molar-refractivity contribution in [3.05, 3.63) is 112 Å². The van der Waals surface area contributed by atoms with Gasteiger partial charge in [-0.25, -0.2) is 0 Å². The molecule has 13 heteroatoms. The van der Waals surface area contributed by atoms with Gasteiger partial charge in [-0.1, -0.05) is 88.8 Å². The molecule has 0 bridgehead atoms. The van der Waals surface area contributed by atoms with Crippen molar-refractivity contribution < 1.29 is 38.6 Å². The van der Waals surface area contributed by atoms with Gasteiger partial charge in [0.25, 0.3) is 20.2 Å². The first kappa shape index (κ1) is 39.1. The molecule has 276 valence electrons. The van der Waals surface area contributed by atoms with Crippen molar-refractivity contribution in [3.8, 4) is 0 Å². The van der Waals surface area contributed by atoms with Crippen LogP contribution in [-0.4, -0.2) is 51.2 Å². The van der Waals surface area contributed by atoms with E-state index in [0.29, 0.717) is 0 Å². The summed E-state index contributed by atoms with van der Waals surface area (Å²) in [5, 5.41) is 3.62. The number of aryl methyl sites for hydroxylation is 2. The van der Waals surface area contributed by atoms with Gasteiger partial charge in [-0.3, -0.25) is 9.11 Å². The Morgan fingerprint density at radius 3 is 2.02 bits per heavy atom. The van der Waals surface area contributed by atoms with E-state index in [1.165, 1.54) is 22.8 Å². The molecule has 2 aliphatic rings. The fourth-order valence-corrected chi connectivity index (χ4v) is 9.24. The van der Waals surface area contributed by atoms with Crippen molar-refractivity contribution in [2.45, 2.75) is 88.0 Å². The molecule has 6 rings (SSSR count). The van der Waals surface area contributed by atoms with E-state index in [0.717, 1.165) is 63.3 Å². The molecule has 4 aromatic rings. The summed E-state index contributed by atoms with van der Waals surface area (Å²) >= 11 is 0. The van der Waals surface area contributed by atoms with Crippen LogP contribution in [0.2, 0.25) is 0 Å². The monoisotopic (exact) mass is 765 g/mol. The number of anilines is 1. The second-order valence-corrected chi connectivity index (χ2v) is 17.5. The third kappa shape index (κ3) is 7.12. The molecule has 4 aromatic carbocycles. The van der Waals surface area contributed by atoms with Crippen molar-refractivity contribution in [1.82, 2.24) is 0 Å². The van der Waals surface area contributed by atoms with E-state index in [1.54, 1.807) is 24.3 Å². The molecule has 0 radical (unpaired) electrons. The number of rotatable bonds is 7. The minimum atomic E-state index is -4.35. The highest BCUT2D eigenvalue weighted by atomic mass is 32.2. The van der Waals surface area contributed by atoms with Gasteiger partial charge in [-0.15, -0.1) is 12.6 Å². The number of likely N-dealkylation sites (N-methyl/N-ethyl adjacent to an activating group) is 1. The number of allylic oxidation sites excluding steroid dienone is 5. The van der Waals surface area contributed by atoms with Crippen LogP contribution in [0.1, 0.15) is 69.4 Å². The molecule has 10 nitrogen and oxygen atoms in total. The molecule has 52 heavy (non-hydrogen) atoms.